The molecule has 0 saturated carbocycles. The SMILES string of the molecule is CC.CCC(OC)C(CO)C(C)C. The number of hydrogen-bond donors (Lipinski definition) is 1. The van der Waals surface area contributed by atoms with E-state index in [4.69, 9.17) is 9.84 Å². The Hall–Kier alpha value is -0.0800. The highest BCUT2D eigenvalue weighted by Gasteiger charge is 2.21. The molecule has 0 aliphatic heterocycles. The first kappa shape index (κ1) is 15.4. The zero-order valence-electron chi connectivity index (χ0n) is 10.0. The maximum absolute atomic E-state index is 9.05. The molecule has 0 aromatic rings. The van der Waals surface area contributed by atoms with Gasteiger partial charge in [-0.05, 0) is 12.3 Å². The van der Waals surface area contributed by atoms with Crippen LogP contribution in [0.3, 0.4) is 0 Å². The Morgan fingerprint density at radius 2 is 1.69 bits per heavy atom. The molecule has 0 radical (unpaired) electrons. The Bertz CT molecular complexity index is 88.1. The van der Waals surface area contributed by atoms with Crippen LogP contribution < -0.4 is 0 Å². The van der Waals surface area contributed by atoms with E-state index in [-0.39, 0.29) is 18.6 Å². The summed E-state index contributed by atoms with van der Waals surface area (Å²) in [6.07, 6.45) is 1.18. The van der Waals surface area contributed by atoms with Gasteiger partial charge in [-0.2, -0.15) is 0 Å². The van der Waals surface area contributed by atoms with Crippen LogP contribution in [-0.2, 0) is 4.74 Å². The first-order valence-corrected chi connectivity index (χ1v) is 5.31. The third-order valence-corrected chi connectivity index (χ3v) is 2.25. The molecule has 0 aliphatic rings. The monoisotopic (exact) mass is 190 g/mol. The van der Waals surface area contributed by atoms with Gasteiger partial charge in [0.15, 0.2) is 0 Å². The van der Waals surface area contributed by atoms with E-state index in [1.165, 1.54) is 0 Å². The van der Waals surface area contributed by atoms with E-state index in [1.54, 1.807) is 7.11 Å². The van der Waals surface area contributed by atoms with Crippen molar-refractivity contribution in [2.75, 3.05) is 13.7 Å². The highest BCUT2D eigenvalue weighted by Crippen LogP contribution is 2.19. The molecule has 82 valence electrons. The molecule has 0 fully saturated rings. The van der Waals surface area contributed by atoms with Crippen LogP contribution in [0.4, 0.5) is 0 Å². The predicted molar refractivity (Wildman–Crippen MR) is 57.8 cm³/mol. The zero-order chi connectivity index (χ0) is 10.9. The molecule has 13 heavy (non-hydrogen) atoms. The lowest BCUT2D eigenvalue weighted by molar-refractivity contribution is 0.00417. The Labute approximate surface area is 83.3 Å². The molecule has 0 bridgehead atoms. The summed E-state index contributed by atoms with van der Waals surface area (Å²) >= 11 is 0. The third kappa shape index (κ3) is 6.05. The van der Waals surface area contributed by atoms with Gasteiger partial charge in [0.1, 0.15) is 0 Å². The molecule has 0 saturated heterocycles. The molecule has 2 nitrogen and oxygen atoms in total. The van der Waals surface area contributed by atoms with Gasteiger partial charge in [0.05, 0.1) is 6.10 Å². The van der Waals surface area contributed by atoms with Gasteiger partial charge < -0.3 is 9.84 Å². The van der Waals surface area contributed by atoms with Gasteiger partial charge in [-0.25, -0.2) is 0 Å². The van der Waals surface area contributed by atoms with Crippen molar-refractivity contribution in [3.05, 3.63) is 0 Å². The molecule has 0 aliphatic carbocycles. The lowest BCUT2D eigenvalue weighted by atomic mass is 9.90. The van der Waals surface area contributed by atoms with Crippen LogP contribution in [0.25, 0.3) is 0 Å². The summed E-state index contributed by atoms with van der Waals surface area (Å²) in [6.45, 7) is 10.5. The first-order valence-electron chi connectivity index (χ1n) is 5.31. The van der Waals surface area contributed by atoms with Gasteiger partial charge in [0, 0.05) is 19.6 Å². The van der Waals surface area contributed by atoms with Crippen molar-refractivity contribution < 1.29 is 9.84 Å². The Morgan fingerprint density at radius 3 is 1.77 bits per heavy atom. The second-order valence-corrected chi connectivity index (χ2v) is 3.27. The van der Waals surface area contributed by atoms with Crippen LogP contribution in [-0.4, -0.2) is 24.9 Å². The zero-order valence-corrected chi connectivity index (χ0v) is 10.0. The van der Waals surface area contributed by atoms with Crippen molar-refractivity contribution >= 4 is 0 Å². The first-order chi connectivity index (χ1) is 6.17. The maximum atomic E-state index is 9.05. The summed E-state index contributed by atoms with van der Waals surface area (Å²) < 4.78 is 5.25. The quantitative estimate of drug-likeness (QED) is 0.722. The van der Waals surface area contributed by atoms with E-state index in [2.05, 4.69) is 20.8 Å². The molecular weight excluding hydrogens is 164 g/mol. The summed E-state index contributed by atoms with van der Waals surface area (Å²) in [5.41, 5.74) is 0. The fourth-order valence-corrected chi connectivity index (χ4v) is 1.40. The topological polar surface area (TPSA) is 29.5 Å². The highest BCUT2D eigenvalue weighted by atomic mass is 16.5. The van der Waals surface area contributed by atoms with Gasteiger partial charge in [-0.15, -0.1) is 0 Å². The minimum absolute atomic E-state index is 0.208. The van der Waals surface area contributed by atoms with Crippen molar-refractivity contribution in [3.8, 4) is 0 Å². The normalized spacial score (nSPS) is 14.8. The van der Waals surface area contributed by atoms with Crippen molar-refractivity contribution in [1.82, 2.24) is 0 Å². The summed E-state index contributed by atoms with van der Waals surface area (Å²) in [4.78, 5) is 0. The van der Waals surface area contributed by atoms with Crippen LogP contribution in [0, 0.1) is 11.8 Å². The average molecular weight is 190 g/mol. The molecule has 0 rings (SSSR count). The molecule has 0 aromatic heterocycles. The summed E-state index contributed by atoms with van der Waals surface area (Å²) in [5.74, 6) is 0.773. The van der Waals surface area contributed by atoms with Gasteiger partial charge in [0.2, 0.25) is 0 Å². The van der Waals surface area contributed by atoms with Gasteiger partial charge in [0.25, 0.3) is 0 Å². The molecule has 2 heteroatoms. The standard InChI is InChI=1S/C9H20O2.C2H6/c1-5-9(11-4)8(6-10)7(2)3;1-2/h7-10H,5-6H2,1-4H3;1-2H3. The van der Waals surface area contributed by atoms with E-state index in [9.17, 15) is 0 Å². The minimum atomic E-state index is 0.208. The van der Waals surface area contributed by atoms with Crippen molar-refractivity contribution in [1.29, 1.82) is 0 Å². The number of aliphatic hydroxyl groups is 1. The van der Waals surface area contributed by atoms with Crippen LogP contribution in [0.1, 0.15) is 41.0 Å². The minimum Gasteiger partial charge on any atom is -0.396 e. The van der Waals surface area contributed by atoms with Gasteiger partial charge >= 0.3 is 0 Å². The van der Waals surface area contributed by atoms with Gasteiger partial charge in [-0.1, -0.05) is 34.6 Å². The highest BCUT2D eigenvalue weighted by molar-refractivity contribution is 4.70. The fourth-order valence-electron chi connectivity index (χ4n) is 1.40. The van der Waals surface area contributed by atoms with E-state index in [0.717, 1.165) is 6.42 Å². The maximum Gasteiger partial charge on any atom is 0.0621 e. The summed E-state index contributed by atoms with van der Waals surface area (Å²) in [6, 6.07) is 0. The average Bonchev–Trinajstić information content (AvgIpc) is 2.16. The van der Waals surface area contributed by atoms with Crippen LogP contribution >= 0.6 is 0 Å². The predicted octanol–water partition coefficient (Wildman–Crippen LogP) is 2.70. The molecule has 0 aromatic carbocycles. The Balaban J connectivity index is 0. The molecular formula is C11H26O2. The Kier molecular flexibility index (Phi) is 11.8. The van der Waals surface area contributed by atoms with E-state index in [0.29, 0.717) is 5.92 Å². The van der Waals surface area contributed by atoms with E-state index >= 15 is 0 Å². The lowest BCUT2D eigenvalue weighted by Gasteiger charge is -2.26. The lowest BCUT2D eigenvalue weighted by Crippen LogP contribution is -2.29. The molecule has 1 N–H and O–H groups in total. The van der Waals surface area contributed by atoms with Crippen LogP contribution in [0.15, 0.2) is 0 Å². The van der Waals surface area contributed by atoms with Crippen molar-refractivity contribution in [2.24, 2.45) is 11.8 Å². The molecule has 0 heterocycles. The summed E-state index contributed by atoms with van der Waals surface area (Å²) in [7, 11) is 1.71. The van der Waals surface area contributed by atoms with Crippen LogP contribution in [0.2, 0.25) is 0 Å². The molecule has 2 unspecified atom stereocenters. The number of rotatable bonds is 5. The Morgan fingerprint density at radius 1 is 1.23 bits per heavy atom. The van der Waals surface area contributed by atoms with Crippen molar-refractivity contribution in [2.45, 2.75) is 47.1 Å². The molecule has 0 amide bonds. The fraction of sp³-hybridized carbons (Fsp3) is 1.00. The van der Waals surface area contributed by atoms with E-state index < -0.39 is 0 Å². The van der Waals surface area contributed by atoms with Gasteiger partial charge in [-0.3, -0.25) is 0 Å². The second kappa shape index (κ2) is 10.0. The smallest absolute Gasteiger partial charge is 0.0621 e. The number of ether oxygens (including phenoxy) is 1. The number of methoxy groups -OCH3 is 1. The summed E-state index contributed by atoms with van der Waals surface area (Å²) in [5, 5.41) is 9.05. The largest absolute Gasteiger partial charge is 0.396 e. The number of aliphatic hydroxyl groups excluding tert-OH is 1. The van der Waals surface area contributed by atoms with Crippen LogP contribution in [0.5, 0.6) is 0 Å². The molecule has 2 atom stereocenters. The second-order valence-electron chi connectivity index (χ2n) is 3.27. The number of hydrogen-bond acceptors (Lipinski definition) is 2. The van der Waals surface area contributed by atoms with Crippen molar-refractivity contribution in [3.63, 3.8) is 0 Å². The van der Waals surface area contributed by atoms with E-state index in [1.807, 2.05) is 13.8 Å². The third-order valence-electron chi connectivity index (χ3n) is 2.25. The molecule has 0 spiro atoms.